The minimum absolute atomic E-state index is 0.507. The van der Waals surface area contributed by atoms with Crippen LogP contribution in [0.3, 0.4) is 0 Å². The molecule has 0 saturated carbocycles. The van der Waals surface area contributed by atoms with E-state index in [1.165, 1.54) is 6.33 Å². The summed E-state index contributed by atoms with van der Waals surface area (Å²) in [4.78, 5) is 8.01. The number of nitrogen functional groups attached to an aromatic ring is 1. The third kappa shape index (κ3) is 1.72. The van der Waals surface area contributed by atoms with E-state index in [0.717, 1.165) is 15.5 Å². The Labute approximate surface area is 91.3 Å². The number of anilines is 1. The molecule has 0 bridgehead atoms. The van der Waals surface area contributed by atoms with Gasteiger partial charge in [0.25, 0.3) is 0 Å². The van der Waals surface area contributed by atoms with Gasteiger partial charge in [0.15, 0.2) is 0 Å². The number of nitrogens with two attached hydrogens (primary N) is 1. The maximum Gasteiger partial charge on any atom is 0.146 e. The van der Waals surface area contributed by atoms with Gasteiger partial charge in [-0.3, -0.25) is 0 Å². The molecule has 0 fully saturated rings. The number of halogens is 1. The Morgan fingerprint density at radius 2 is 2.00 bits per heavy atom. The van der Waals surface area contributed by atoms with Crippen LogP contribution in [0.4, 0.5) is 5.82 Å². The fourth-order valence-corrected chi connectivity index (χ4v) is 1.87. The lowest BCUT2D eigenvalue weighted by molar-refractivity contribution is 0.942. The Bertz CT molecular complexity index is 436. The van der Waals surface area contributed by atoms with E-state index >= 15 is 0 Å². The van der Waals surface area contributed by atoms with Gasteiger partial charge in [0.2, 0.25) is 0 Å². The molecule has 2 N–H and O–H groups in total. The molecule has 0 aliphatic carbocycles. The van der Waals surface area contributed by atoms with Crippen LogP contribution in [0.1, 0.15) is 13.8 Å². The van der Waals surface area contributed by atoms with Gasteiger partial charge in [-0.15, -0.1) is 0 Å². The smallest absolute Gasteiger partial charge is 0.146 e. The largest absolute Gasteiger partial charge is 0.383 e. The van der Waals surface area contributed by atoms with Crippen LogP contribution in [0.5, 0.6) is 0 Å². The Hall–Kier alpha value is -1.10. The van der Waals surface area contributed by atoms with Crippen LogP contribution < -0.4 is 5.73 Å². The molecule has 0 spiro atoms. The van der Waals surface area contributed by atoms with E-state index in [4.69, 9.17) is 5.73 Å². The quantitative estimate of drug-likeness (QED) is 0.788. The Morgan fingerprint density at radius 1 is 1.36 bits per heavy atom. The topological polar surface area (TPSA) is 56.7 Å². The summed E-state index contributed by atoms with van der Waals surface area (Å²) in [5.74, 6) is 0.507. The van der Waals surface area contributed by atoms with Crippen LogP contribution in [0, 0.1) is 0 Å². The maximum absolute atomic E-state index is 5.68. The summed E-state index contributed by atoms with van der Waals surface area (Å²) in [5.41, 5.74) is 6.52. The lowest BCUT2D eigenvalue weighted by Gasteiger charge is -1.95. The van der Waals surface area contributed by atoms with Crippen LogP contribution in [0.15, 0.2) is 17.0 Å². The number of hydrogen-bond donors (Lipinski definition) is 1. The molecule has 0 aliphatic heterocycles. The predicted molar refractivity (Wildman–Crippen MR) is 62.0 cm³/mol. The lowest BCUT2D eigenvalue weighted by Crippen LogP contribution is -1.94. The summed E-state index contributed by atoms with van der Waals surface area (Å²) in [5, 5.41) is 0.875. The van der Waals surface area contributed by atoms with E-state index < -0.39 is 0 Å². The van der Waals surface area contributed by atoms with E-state index in [9.17, 15) is 0 Å². The van der Waals surface area contributed by atoms with Crippen molar-refractivity contribution >= 4 is 32.8 Å². The van der Waals surface area contributed by atoms with Gasteiger partial charge >= 0.3 is 0 Å². The zero-order valence-corrected chi connectivity index (χ0v) is 10.0. The van der Waals surface area contributed by atoms with Crippen LogP contribution in [0.2, 0.25) is 0 Å². The normalized spacial score (nSPS) is 9.71. The fraction of sp³-hybridized carbons (Fsp3) is 0.333. The van der Waals surface area contributed by atoms with Gasteiger partial charge in [-0.05, 0) is 15.9 Å². The first-order chi connectivity index (χ1) is 6.70. The number of rotatable bonds is 0. The Balaban J connectivity index is 0.000000461. The van der Waals surface area contributed by atoms with Gasteiger partial charge in [-0.1, -0.05) is 13.8 Å². The van der Waals surface area contributed by atoms with E-state index in [2.05, 4.69) is 25.9 Å². The maximum atomic E-state index is 5.68. The van der Waals surface area contributed by atoms with Crippen molar-refractivity contribution in [1.82, 2.24) is 14.5 Å². The van der Waals surface area contributed by atoms with Crippen molar-refractivity contribution < 1.29 is 0 Å². The van der Waals surface area contributed by atoms with Gasteiger partial charge in [-0.25, -0.2) is 9.97 Å². The van der Waals surface area contributed by atoms with Crippen molar-refractivity contribution in [3.05, 3.63) is 17.0 Å². The second-order valence-corrected chi connectivity index (χ2v) is 3.40. The van der Waals surface area contributed by atoms with E-state index in [-0.39, 0.29) is 0 Å². The highest BCUT2D eigenvalue weighted by atomic mass is 79.9. The van der Waals surface area contributed by atoms with Gasteiger partial charge in [-0.2, -0.15) is 0 Å². The third-order valence-corrected chi connectivity index (χ3v) is 2.34. The molecular weight excluding hydrogens is 244 g/mol. The summed E-state index contributed by atoms with van der Waals surface area (Å²) in [6.45, 7) is 4.00. The molecule has 0 aromatic carbocycles. The first-order valence-corrected chi connectivity index (χ1v) is 5.20. The monoisotopic (exact) mass is 256 g/mol. The van der Waals surface area contributed by atoms with Crippen LogP contribution in [-0.4, -0.2) is 14.5 Å². The second kappa shape index (κ2) is 4.41. The number of aryl methyl sites for hydroxylation is 1. The summed E-state index contributed by atoms with van der Waals surface area (Å²) >= 11 is 3.39. The van der Waals surface area contributed by atoms with E-state index in [1.807, 2.05) is 31.7 Å². The molecule has 0 aliphatic rings. The van der Waals surface area contributed by atoms with Crippen LogP contribution >= 0.6 is 15.9 Å². The molecule has 2 aromatic heterocycles. The van der Waals surface area contributed by atoms with Crippen molar-refractivity contribution in [2.45, 2.75) is 13.8 Å². The zero-order valence-electron chi connectivity index (χ0n) is 8.45. The molecule has 0 saturated heterocycles. The summed E-state index contributed by atoms with van der Waals surface area (Å²) in [6.07, 6.45) is 3.37. The fourth-order valence-electron chi connectivity index (χ4n) is 1.18. The Kier molecular flexibility index (Phi) is 3.46. The van der Waals surface area contributed by atoms with Crippen molar-refractivity contribution in [3.63, 3.8) is 0 Å². The second-order valence-electron chi connectivity index (χ2n) is 2.55. The number of hydrogen-bond acceptors (Lipinski definition) is 3. The van der Waals surface area contributed by atoms with Gasteiger partial charge in [0.05, 0.1) is 5.39 Å². The number of aromatic nitrogens is 3. The van der Waals surface area contributed by atoms with Gasteiger partial charge in [0.1, 0.15) is 17.8 Å². The van der Waals surface area contributed by atoms with Crippen LogP contribution in [0.25, 0.3) is 11.0 Å². The number of nitrogens with zero attached hydrogens (tertiary/aromatic N) is 3. The minimum atomic E-state index is 0.507. The molecule has 0 unspecified atom stereocenters. The van der Waals surface area contributed by atoms with Crippen molar-refractivity contribution in [2.24, 2.45) is 7.05 Å². The lowest BCUT2D eigenvalue weighted by atomic mass is 10.4. The first-order valence-electron chi connectivity index (χ1n) is 4.41. The van der Waals surface area contributed by atoms with E-state index in [1.54, 1.807) is 0 Å². The van der Waals surface area contributed by atoms with Crippen LogP contribution in [-0.2, 0) is 7.05 Å². The number of fused-ring (bicyclic) bond motifs is 1. The van der Waals surface area contributed by atoms with E-state index in [0.29, 0.717) is 5.82 Å². The standard InChI is InChI=1S/C7H7BrN4.C2H6/c1-12-2-4(8)5-6(9)10-3-11-7(5)12;1-2/h2-3H,1H3,(H2,9,10,11);1-2H3. The SMILES string of the molecule is CC.Cn1cc(Br)c2c(N)ncnc21. The summed E-state index contributed by atoms with van der Waals surface area (Å²) < 4.78 is 2.83. The predicted octanol–water partition coefficient (Wildman–Crippen LogP) is 2.34. The molecule has 76 valence electrons. The molecule has 0 amide bonds. The molecule has 2 rings (SSSR count). The molecule has 0 radical (unpaired) electrons. The molecule has 2 heterocycles. The molecule has 4 nitrogen and oxygen atoms in total. The van der Waals surface area contributed by atoms with Crippen molar-refractivity contribution in [3.8, 4) is 0 Å². The molecule has 2 aromatic rings. The van der Waals surface area contributed by atoms with Crippen molar-refractivity contribution in [2.75, 3.05) is 5.73 Å². The highest BCUT2D eigenvalue weighted by Crippen LogP contribution is 2.26. The zero-order chi connectivity index (χ0) is 10.7. The summed E-state index contributed by atoms with van der Waals surface area (Å²) in [7, 11) is 1.92. The highest BCUT2D eigenvalue weighted by Gasteiger charge is 2.08. The Morgan fingerprint density at radius 3 is 2.57 bits per heavy atom. The highest BCUT2D eigenvalue weighted by molar-refractivity contribution is 9.10. The summed E-state index contributed by atoms with van der Waals surface area (Å²) in [6, 6.07) is 0. The van der Waals surface area contributed by atoms with Gasteiger partial charge in [0, 0.05) is 17.7 Å². The first kappa shape index (κ1) is 11.0. The average molecular weight is 257 g/mol. The van der Waals surface area contributed by atoms with Gasteiger partial charge < -0.3 is 10.3 Å². The molecule has 0 atom stereocenters. The minimum Gasteiger partial charge on any atom is -0.383 e. The third-order valence-electron chi connectivity index (χ3n) is 1.74. The average Bonchev–Trinajstić information content (AvgIpc) is 2.47. The van der Waals surface area contributed by atoms with Crippen molar-refractivity contribution in [1.29, 1.82) is 0 Å². The molecular formula is C9H13BrN4. The molecule has 5 heteroatoms. The molecule has 14 heavy (non-hydrogen) atoms.